The lowest BCUT2D eigenvalue weighted by Crippen LogP contribution is -2.25. The molecule has 1 aliphatic rings. The molecule has 0 unspecified atom stereocenters. The molecule has 23 heavy (non-hydrogen) atoms. The highest BCUT2D eigenvalue weighted by Gasteiger charge is 2.28. The molecule has 1 N–H and O–H groups in total. The molecule has 0 atom stereocenters. The summed E-state index contributed by atoms with van der Waals surface area (Å²) in [5, 5.41) is 19.8. The van der Waals surface area contributed by atoms with Gasteiger partial charge in [-0.3, -0.25) is 0 Å². The van der Waals surface area contributed by atoms with Crippen molar-refractivity contribution in [2.75, 3.05) is 11.6 Å². The summed E-state index contributed by atoms with van der Waals surface area (Å²) in [5.74, 6) is 1.23. The minimum Gasteiger partial charge on any atom is -0.619 e. The van der Waals surface area contributed by atoms with Crippen molar-refractivity contribution < 1.29 is 4.73 Å². The van der Waals surface area contributed by atoms with Crippen LogP contribution in [0.2, 0.25) is 0 Å². The summed E-state index contributed by atoms with van der Waals surface area (Å²) >= 11 is 1.51. The van der Waals surface area contributed by atoms with E-state index < -0.39 is 0 Å². The van der Waals surface area contributed by atoms with Crippen LogP contribution in [-0.2, 0) is 6.54 Å². The van der Waals surface area contributed by atoms with Crippen LogP contribution >= 0.6 is 11.8 Å². The lowest BCUT2D eigenvalue weighted by atomic mass is 10.2. The summed E-state index contributed by atoms with van der Waals surface area (Å²) in [7, 11) is 0. The van der Waals surface area contributed by atoms with E-state index in [1.54, 1.807) is 16.8 Å². The topological polar surface area (TPSA) is 82.0 Å². The Morgan fingerprint density at radius 1 is 1.43 bits per heavy atom. The van der Waals surface area contributed by atoms with Crippen LogP contribution in [0.4, 0.5) is 5.95 Å². The molecule has 0 aromatic carbocycles. The van der Waals surface area contributed by atoms with Gasteiger partial charge in [0.1, 0.15) is 0 Å². The van der Waals surface area contributed by atoms with Crippen molar-refractivity contribution >= 4 is 23.4 Å². The third-order valence-corrected chi connectivity index (χ3v) is 4.41. The second-order valence-corrected chi connectivity index (χ2v) is 6.34. The Labute approximate surface area is 137 Å². The van der Waals surface area contributed by atoms with Crippen LogP contribution in [0.1, 0.15) is 29.9 Å². The highest BCUT2D eigenvalue weighted by molar-refractivity contribution is 7.98. The molecule has 8 heteroatoms. The minimum atomic E-state index is 0.502. The second kappa shape index (κ2) is 5.69. The van der Waals surface area contributed by atoms with Crippen LogP contribution in [0.5, 0.6) is 0 Å². The number of fused-ring (bicyclic) bond motifs is 1. The first-order valence-electron chi connectivity index (χ1n) is 7.46. The molecule has 1 fully saturated rings. The number of aromatic nitrogens is 5. The molecule has 1 saturated carbocycles. The van der Waals surface area contributed by atoms with Crippen molar-refractivity contribution in [1.82, 2.24) is 19.6 Å². The fraction of sp³-hybridized carbons (Fsp3) is 0.333. The van der Waals surface area contributed by atoms with Gasteiger partial charge >= 0.3 is 0 Å². The highest BCUT2D eigenvalue weighted by Crippen LogP contribution is 2.41. The maximum absolute atomic E-state index is 11.3. The van der Waals surface area contributed by atoms with Gasteiger partial charge in [-0.05, 0) is 31.1 Å². The number of thioether (sulfide) groups is 1. The first-order valence-corrected chi connectivity index (χ1v) is 8.68. The molecule has 0 saturated heterocycles. The van der Waals surface area contributed by atoms with Crippen molar-refractivity contribution in [3.8, 4) is 0 Å². The van der Waals surface area contributed by atoms with E-state index in [0.29, 0.717) is 23.6 Å². The molecular weight excluding hydrogens is 312 g/mol. The largest absolute Gasteiger partial charge is 0.619 e. The van der Waals surface area contributed by atoms with Crippen molar-refractivity contribution in [3.05, 3.63) is 47.1 Å². The Morgan fingerprint density at radius 3 is 3.04 bits per heavy atom. The molecule has 1 aliphatic carbocycles. The predicted octanol–water partition coefficient (Wildman–Crippen LogP) is 1.97. The SMILES string of the molecule is CSc1nc(NCc2ccc[n+]([O-])c2)n2ncc(C3CC3)c2n1. The second-order valence-electron chi connectivity index (χ2n) is 5.57. The molecule has 0 radical (unpaired) electrons. The molecule has 118 valence electrons. The van der Waals surface area contributed by atoms with Gasteiger partial charge in [0, 0.05) is 23.7 Å². The molecule has 0 spiro atoms. The van der Waals surface area contributed by atoms with Gasteiger partial charge in [-0.15, -0.1) is 0 Å². The first-order chi connectivity index (χ1) is 11.2. The van der Waals surface area contributed by atoms with Gasteiger partial charge in [0.05, 0.1) is 6.20 Å². The summed E-state index contributed by atoms with van der Waals surface area (Å²) in [5.41, 5.74) is 2.96. The van der Waals surface area contributed by atoms with E-state index in [0.717, 1.165) is 15.9 Å². The van der Waals surface area contributed by atoms with E-state index in [9.17, 15) is 5.21 Å². The summed E-state index contributed by atoms with van der Waals surface area (Å²) in [4.78, 5) is 9.11. The molecule has 0 bridgehead atoms. The lowest BCUT2D eigenvalue weighted by Gasteiger charge is -2.09. The number of anilines is 1. The van der Waals surface area contributed by atoms with Crippen LogP contribution in [0.25, 0.3) is 5.65 Å². The summed E-state index contributed by atoms with van der Waals surface area (Å²) in [6.45, 7) is 0.502. The van der Waals surface area contributed by atoms with E-state index in [1.165, 1.54) is 36.4 Å². The molecular formula is C15H16N6OS. The summed E-state index contributed by atoms with van der Waals surface area (Å²) in [6, 6.07) is 3.62. The smallest absolute Gasteiger partial charge is 0.228 e. The van der Waals surface area contributed by atoms with E-state index in [1.807, 2.05) is 18.5 Å². The third-order valence-electron chi connectivity index (χ3n) is 3.86. The summed E-state index contributed by atoms with van der Waals surface area (Å²) < 4.78 is 2.54. The monoisotopic (exact) mass is 328 g/mol. The number of nitrogens with one attached hydrogen (secondary N) is 1. The highest BCUT2D eigenvalue weighted by atomic mass is 32.2. The number of nitrogens with zero attached hydrogens (tertiary/aromatic N) is 5. The standard InChI is InChI=1S/C15H16N6OS/c1-23-15-18-13-12(11-4-5-11)8-17-21(13)14(19-15)16-7-10-3-2-6-20(22)9-10/h2-3,6,8-9,11H,4-5,7H2,1H3,(H,16,18,19). The average Bonchev–Trinajstić information content (AvgIpc) is 3.32. The van der Waals surface area contributed by atoms with Crippen LogP contribution in [0.3, 0.4) is 0 Å². The van der Waals surface area contributed by atoms with Crippen LogP contribution < -0.4 is 10.0 Å². The zero-order valence-corrected chi connectivity index (χ0v) is 13.5. The zero-order valence-electron chi connectivity index (χ0n) is 12.6. The predicted molar refractivity (Wildman–Crippen MR) is 87.3 cm³/mol. The van der Waals surface area contributed by atoms with Gasteiger partial charge in [0.25, 0.3) is 0 Å². The Morgan fingerprint density at radius 2 is 2.30 bits per heavy atom. The van der Waals surface area contributed by atoms with E-state index in [4.69, 9.17) is 0 Å². The number of pyridine rings is 1. The van der Waals surface area contributed by atoms with Crippen molar-refractivity contribution in [2.24, 2.45) is 0 Å². The van der Waals surface area contributed by atoms with Crippen molar-refractivity contribution in [3.63, 3.8) is 0 Å². The average molecular weight is 328 g/mol. The zero-order chi connectivity index (χ0) is 15.8. The molecule has 3 aromatic rings. The van der Waals surface area contributed by atoms with Crippen LogP contribution in [0, 0.1) is 5.21 Å². The Balaban J connectivity index is 1.68. The van der Waals surface area contributed by atoms with Crippen LogP contribution in [0.15, 0.2) is 35.9 Å². The number of hydrogen-bond acceptors (Lipinski definition) is 6. The van der Waals surface area contributed by atoms with Crippen molar-refractivity contribution in [2.45, 2.75) is 30.5 Å². The van der Waals surface area contributed by atoms with E-state index in [2.05, 4.69) is 20.4 Å². The molecule has 0 aliphatic heterocycles. The minimum absolute atomic E-state index is 0.502. The quantitative estimate of drug-likeness (QED) is 0.438. The Kier molecular flexibility index (Phi) is 3.53. The normalized spacial score (nSPS) is 14.3. The van der Waals surface area contributed by atoms with Gasteiger partial charge in [-0.25, -0.2) is 4.98 Å². The maximum Gasteiger partial charge on any atom is 0.228 e. The van der Waals surface area contributed by atoms with Gasteiger partial charge < -0.3 is 10.5 Å². The fourth-order valence-corrected chi connectivity index (χ4v) is 2.91. The third kappa shape index (κ3) is 2.81. The number of rotatable bonds is 5. The van der Waals surface area contributed by atoms with Gasteiger partial charge in [-0.1, -0.05) is 11.8 Å². The molecule has 3 aromatic heterocycles. The Bertz CT molecular complexity index is 860. The first kappa shape index (κ1) is 14.3. The van der Waals surface area contributed by atoms with Gasteiger partial charge in [-0.2, -0.15) is 19.3 Å². The van der Waals surface area contributed by atoms with E-state index >= 15 is 0 Å². The fourth-order valence-electron chi connectivity index (χ4n) is 2.55. The lowest BCUT2D eigenvalue weighted by molar-refractivity contribution is -0.605. The van der Waals surface area contributed by atoms with Gasteiger partial charge in [0.15, 0.2) is 23.2 Å². The molecule has 4 rings (SSSR count). The van der Waals surface area contributed by atoms with Crippen molar-refractivity contribution in [1.29, 1.82) is 0 Å². The van der Waals surface area contributed by atoms with Gasteiger partial charge in [0.2, 0.25) is 5.95 Å². The number of hydrogen-bond donors (Lipinski definition) is 1. The van der Waals surface area contributed by atoms with E-state index in [-0.39, 0.29) is 0 Å². The summed E-state index contributed by atoms with van der Waals surface area (Å²) in [6.07, 6.45) is 9.27. The maximum atomic E-state index is 11.3. The molecule has 7 nitrogen and oxygen atoms in total. The Hall–Kier alpha value is -2.35. The molecule has 0 amide bonds. The van der Waals surface area contributed by atoms with Crippen LogP contribution in [-0.4, -0.2) is 25.8 Å². The molecule has 3 heterocycles.